The van der Waals surface area contributed by atoms with E-state index < -0.39 is 17.7 Å². The molecule has 1 aliphatic carbocycles. The normalized spacial score (nSPS) is 14.7. The van der Waals surface area contributed by atoms with Crippen LogP contribution in [0, 0.1) is 6.92 Å². The maximum absolute atomic E-state index is 12.6. The average Bonchev–Trinajstić information content (AvgIpc) is 3.62. The molecular formula is C32H34N2O6. The van der Waals surface area contributed by atoms with Crippen LogP contribution in [0.15, 0.2) is 65.2 Å². The third-order valence-corrected chi connectivity index (χ3v) is 7.00. The van der Waals surface area contributed by atoms with Gasteiger partial charge in [0.2, 0.25) is 5.89 Å². The van der Waals surface area contributed by atoms with E-state index in [0.717, 1.165) is 52.4 Å². The number of ether oxygens (including phenoxy) is 2. The minimum atomic E-state index is -0.759. The molecule has 8 nitrogen and oxygen atoms in total. The molecule has 0 bridgehead atoms. The van der Waals surface area contributed by atoms with Gasteiger partial charge in [0, 0.05) is 18.2 Å². The van der Waals surface area contributed by atoms with Gasteiger partial charge in [0.05, 0.1) is 24.4 Å². The number of hydrogen-bond donors (Lipinski definition) is 1. The van der Waals surface area contributed by atoms with Crippen LogP contribution in [0.5, 0.6) is 5.75 Å². The van der Waals surface area contributed by atoms with E-state index in [0.29, 0.717) is 18.9 Å². The summed E-state index contributed by atoms with van der Waals surface area (Å²) in [5.41, 5.74) is 5.00. The Labute approximate surface area is 233 Å². The first kappa shape index (κ1) is 27.2. The molecule has 5 rings (SSSR count). The number of carboxylic acid groups (broad SMARTS) is 1. The molecule has 0 aliphatic heterocycles. The molecule has 0 radical (unpaired) electrons. The summed E-state index contributed by atoms with van der Waals surface area (Å²) < 4.78 is 19.0. The third kappa shape index (κ3) is 6.11. The number of aromatic nitrogens is 2. The predicted octanol–water partition coefficient (Wildman–Crippen LogP) is 7.03. The Morgan fingerprint density at radius 2 is 1.85 bits per heavy atom. The van der Waals surface area contributed by atoms with Gasteiger partial charge in [0.1, 0.15) is 17.1 Å². The number of fused-ring (bicyclic) bond motifs is 1. The molecule has 4 aromatic rings. The second-order valence-corrected chi connectivity index (χ2v) is 11.1. The summed E-state index contributed by atoms with van der Waals surface area (Å²) in [7, 11) is 0. The van der Waals surface area contributed by atoms with Crippen LogP contribution >= 0.6 is 0 Å². The van der Waals surface area contributed by atoms with Gasteiger partial charge in [0.15, 0.2) is 0 Å². The molecular weight excluding hydrogens is 508 g/mol. The molecule has 0 saturated carbocycles. The summed E-state index contributed by atoms with van der Waals surface area (Å²) in [6, 6.07) is 17.4. The Kier molecular flexibility index (Phi) is 7.52. The number of carbonyl (C=O) groups is 2. The van der Waals surface area contributed by atoms with Gasteiger partial charge in [-0.05, 0) is 99.5 Å². The van der Waals surface area contributed by atoms with Crippen molar-refractivity contribution in [2.24, 2.45) is 0 Å². The zero-order valence-corrected chi connectivity index (χ0v) is 23.3. The molecule has 0 saturated heterocycles. The Balaban J connectivity index is 1.21. The number of oxazole rings is 1. The number of carboxylic acids is 1. The van der Waals surface area contributed by atoms with Crippen molar-refractivity contribution in [1.82, 2.24) is 9.55 Å². The Bertz CT molecular complexity index is 1520. The molecule has 2 aromatic heterocycles. The highest BCUT2D eigenvalue weighted by atomic mass is 16.6. The standard InChI is InChI=1S/C32H34N2O6/c1-20-27(15-17-38-25-13-14-26-23(18-25)11-12-24(26)19-29(35)36)33-30(39-20)22-9-7-21(8-10-22)28-6-5-16-34(28)31(37)40-32(2,3)4/h5-10,13-14,16,18,24H,11-12,15,17,19H2,1-4H3,(H,35,36)/t24-/m0/s1. The molecule has 1 N–H and O–H groups in total. The van der Waals surface area contributed by atoms with Crippen molar-refractivity contribution in [1.29, 1.82) is 0 Å². The van der Waals surface area contributed by atoms with Gasteiger partial charge < -0.3 is 19.0 Å². The minimum Gasteiger partial charge on any atom is -0.493 e. The first-order valence-electron chi connectivity index (χ1n) is 13.5. The van der Waals surface area contributed by atoms with E-state index in [1.807, 2.05) is 82.3 Å². The van der Waals surface area contributed by atoms with Crippen molar-refractivity contribution in [3.63, 3.8) is 0 Å². The molecule has 8 heteroatoms. The maximum Gasteiger partial charge on any atom is 0.418 e. The molecule has 2 heterocycles. The SMILES string of the molecule is Cc1oc(-c2ccc(-c3cccn3C(=O)OC(C)(C)C)cc2)nc1CCOc1ccc2c(c1)CC[C@H]2CC(=O)O. The summed E-state index contributed by atoms with van der Waals surface area (Å²) in [5, 5.41) is 9.13. The fourth-order valence-corrected chi connectivity index (χ4v) is 5.11. The van der Waals surface area contributed by atoms with Crippen molar-refractivity contribution >= 4 is 12.1 Å². The van der Waals surface area contributed by atoms with E-state index >= 15 is 0 Å². The number of aryl methyl sites for hydroxylation is 2. The van der Waals surface area contributed by atoms with E-state index in [-0.39, 0.29) is 12.3 Å². The van der Waals surface area contributed by atoms with Crippen molar-refractivity contribution < 1.29 is 28.6 Å². The topological polar surface area (TPSA) is 104 Å². The van der Waals surface area contributed by atoms with Crippen molar-refractivity contribution in [3.05, 3.63) is 83.4 Å². The molecule has 0 spiro atoms. The predicted molar refractivity (Wildman–Crippen MR) is 151 cm³/mol. The number of carbonyl (C=O) groups excluding carboxylic acids is 1. The van der Waals surface area contributed by atoms with Crippen molar-refractivity contribution in [2.75, 3.05) is 6.61 Å². The summed E-state index contributed by atoms with van der Waals surface area (Å²) in [6.45, 7) is 7.87. The Hall–Kier alpha value is -4.33. The van der Waals surface area contributed by atoms with Crippen LogP contribution in [0.2, 0.25) is 0 Å². The van der Waals surface area contributed by atoms with Crippen molar-refractivity contribution in [2.45, 2.75) is 64.9 Å². The van der Waals surface area contributed by atoms with E-state index in [4.69, 9.17) is 24.0 Å². The first-order chi connectivity index (χ1) is 19.1. The van der Waals surface area contributed by atoms with Crippen LogP contribution in [0.4, 0.5) is 4.79 Å². The molecule has 1 aliphatic rings. The van der Waals surface area contributed by atoms with Crippen LogP contribution < -0.4 is 4.74 Å². The second kappa shape index (κ2) is 11.0. The first-order valence-corrected chi connectivity index (χ1v) is 13.5. The summed E-state index contributed by atoms with van der Waals surface area (Å²) in [5.74, 6) is 1.38. The van der Waals surface area contributed by atoms with Gasteiger partial charge >= 0.3 is 12.1 Å². The van der Waals surface area contributed by atoms with Gasteiger partial charge in [0.25, 0.3) is 0 Å². The summed E-state index contributed by atoms with van der Waals surface area (Å²) in [6.07, 6.45) is 3.78. The van der Waals surface area contributed by atoms with E-state index in [2.05, 4.69) is 0 Å². The van der Waals surface area contributed by atoms with E-state index in [1.165, 1.54) is 10.1 Å². The third-order valence-electron chi connectivity index (χ3n) is 7.00. The van der Waals surface area contributed by atoms with Gasteiger partial charge in [-0.1, -0.05) is 18.2 Å². The average molecular weight is 543 g/mol. The molecule has 1 atom stereocenters. The van der Waals surface area contributed by atoms with Crippen LogP contribution in [0.1, 0.15) is 62.1 Å². The van der Waals surface area contributed by atoms with E-state index in [1.54, 1.807) is 6.20 Å². The molecule has 0 amide bonds. The van der Waals surface area contributed by atoms with Gasteiger partial charge in [-0.25, -0.2) is 9.78 Å². The Morgan fingerprint density at radius 3 is 2.58 bits per heavy atom. The smallest absolute Gasteiger partial charge is 0.418 e. The summed E-state index contributed by atoms with van der Waals surface area (Å²) in [4.78, 5) is 28.4. The zero-order valence-electron chi connectivity index (χ0n) is 23.3. The van der Waals surface area contributed by atoms with Crippen LogP contribution in [-0.2, 0) is 22.4 Å². The highest BCUT2D eigenvalue weighted by Crippen LogP contribution is 2.37. The Morgan fingerprint density at radius 1 is 1.10 bits per heavy atom. The lowest BCUT2D eigenvalue weighted by atomic mass is 9.98. The summed E-state index contributed by atoms with van der Waals surface area (Å²) >= 11 is 0. The number of nitrogens with zero attached hydrogens (tertiary/aromatic N) is 2. The van der Waals surface area contributed by atoms with Gasteiger partial charge in [-0.15, -0.1) is 0 Å². The molecule has 0 fully saturated rings. The van der Waals surface area contributed by atoms with Crippen molar-refractivity contribution in [3.8, 4) is 28.5 Å². The number of rotatable bonds is 8. The minimum absolute atomic E-state index is 0.0854. The zero-order chi connectivity index (χ0) is 28.4. The lowest BCUT2D eigenvalue weighted by molar-refractivity contribution is -0.137. The monoisotopic (exact) mass is 542 g/mol. The number of benzene rings is 2. The highest BCUT2D eigenvalue weighted by Gasteiger charge is 2.25. The molecule has 208 valence electrons. The molecule has 40 heavy (non-hydrogen) atoms. The van der Waals surface area contributed by atoms with Gasteiger partial charge in [-0.3, -0.25) is 9.36 Å². The van der Waals surface area contributed by atoms with Gasteiger partial charge in [-0.2, -0.15) is 0 Å². The largest absolute Gasteiger partial charge is 0.493 e. The maximum atomic E-state index is 12.6. The fraction of sp³-hybridized carbons (Fsp3) is 0.344. The molecule has 2 aromatic carbocycles. The number of hydrogen-bond acceptors (Lipinski definition) is 6. The lowest BCUT2D eigenvalue weighted by Crippen LogP contribution is -2.27. The molecule has 0 unspecified atom stereocenters. The number of aliphatic carboxylic acids is 1. The lowest BCUT2D eigenvalue weighted by Gasteiger charge is -2.20. The second-order valence-electron chi connectivity index (χ2n) is 11.1. The highest BCUT2D eigenvalue weighted by molar-refractivity contribution is 5.79. The quantitative estimate of drug-likeness (QED) is 0.255. The van der Waals surface area contributed by atoms with Crippen LogP contribution in [0.25, 0.3) is 22.7 Å². The van der Waals surface area contributed by atoms with E-state index in [9.17, 15) is 9.59 Å². The fourth-order valence-electron chi connectivity index (χ4n) is 5.11. The van der Waals surface area contributed by atoms with Crippen LogP contribution in [0.3, 0.4) is 0 Å². The van der Waals surface area contributed by atoms with Crippen LogP contribution in [-0.4, -0.2) is 38.9 Å².